The van der Waals surface area contributed by atoms with Crippen molar-refractivity contribution < 1.29 is 0 Å². The molecular weight excluding hydrogens is 358 g/mol. The van der Waals surface area contributed by atoms with Crippen molar-refractivity contribution in [3.05, 3.63) is 64.5 Å². The first-order valence-corrected chi connectivity index (χ1v) is 9.65. The standard InChI is InChI=1S/C18H14ClN3S2/c1-22-17(12-7-3-2-4-8-12)20-21-18(22)23-11-15-16(19)13-9-5-6-10-14(13)24-15/h2-10H,11H2,1H3. The molecule has 0 atom stereocenters. The second-order valence-corrected chi connectivity index (χ2v) is 7.81. The van der Waals surface area contributed by atoms with Crippen molar-refractivity contribution in [1.82, 2.24) is 14.8 Å². The minimum atomic E-state index is 0.791. The molecule has 2 heterocycles. The van der Waals surface area contributed by atoms with Crippen LogP contribution in [0, 0.1) is 0 Å². The smallest absolute Gasteiger partial charge is 0.191 e. The van der Waals surface area contributed by atoms with E-state index in [9.17, 15) is 0 Å². The molecule has 0 aliphatic heterocycles. The first-order valence-electron chi connectivity index (χ1n) is 7.47. The molecule has 0 bridgehead atoms. The average molecular weight is 372 g/mol. The Balaban J connectivity index is 1.58. The quantitative estimate of drug-likeness (QED) is 0.435. The van der Waals surface area contributed by atoms with Gasteiger partial charge in [0.2, 0.25) is 0 Å². The number of hydrogen-bond donors (Lipinski definition) is 0. The lowest BCUT2D eigenvalue weighted by Gasteiger charge is -2.03. The monoisotopic (exact) mass is 371 g/mol. The van der Waals surface area contributed by atoms with Gasteiger partial charge >= 0.3 is 0 Å². The molecule has 0 spiro atoms. The van der Waals surface area contributed by atoms with Crippen LogP contribution >= 0.6 is 34.7 Å². The van der Waals surface area contributed by atoms with E-state index in [1.54, 1.807) is 23.1 Å². The zero-order valence-electron chi connectivity index (χ0n) is 12.9. The second kappa shape index (κ2) is 6.59. The fraction of sp³-hybridized carbons (Fsp3) is 0.111. The van der Waals surface area contributed by atoms with Gasteiger partial charge in [-0.3, -0.25) is 0 Å². The molecule has 120 valence electrons. The third-order valence-electron chi connectivity index (χ3n) is 3.80. The van der Waals surface area contributed by atoms with Crippen LogP contribution in [0.25, 0.3) is 21.5 Å². The number of rotatable bonds is 4. The van der Waals surface area contributed by atoms with Gasteiger partial charge in [-0.15, -0.1) is 21.5 Å². The number of nitrogens with zero attached hydrogens (tertiary/aromatic N) is 3. The summed E-state index contributed by atoms with van der Waals surface area (Å²) in [4.78, 5) is 1.17. The summed E-state index contributed by atoms with van der Waals surface area (Å²) in [6, 6.07) is 18.3. The molecule has 4 rings (SSSR count). The Bertz CT molecular complexity index is 992. The molecule has 0 saturated heterocycles. The number of fused-ring (bicyclic) bond motifs is 1. The van der Waals surface area contributed by atoms with Crippen molar-refractivity contribution >= 4 is 44.8 Å². The van der Waals surface area contributed by atoms with Gasteiger partial charge in [0.15, 0.2) is 11.0 Å². The summed E-state index contributed by atoms with van der Waals surface area (Å²) in [6.45, 7) is 0. The predicted octanol–water partition coefficient (Wildman–Crippen LogP) is 5.64. The third kappa shape index (κ3) is 2.83. The van der Waals surface area contributed by atoms with Crippen molar-refractivity contribution in [3.8, 4) is 11.4 Å². The van der Waals surface area contributed by atoms with Gasteiger partial charge < -0.3 is 4.57 Å². The highest BCUT2D eigenvalue weighted by atomic mass is 35.5. The number of thioether (sulfide) groups is 1. The lowest BCUT2D eigenvalue weighted by atomic mass is 10.2. The molecule has 0 aliphatic carbocycles. The number of benzene rings is 2. The maximum atomic E-state index is 6.52. The summed E-state index contributed by atoms with van der Waals surface area (Å²) < 4.78 is 3.25. The lowest BCUT2D eigenvalue weighted by molar-refractivity contribution is 0.794. The number of aromatic nitrogens is 3. The Labute approximate surface area is 153 Å². The van der Waals surface area contributed by atoms with E-state index in [4.69, 9.17) is 11.6 Å². The predicted molar refractivity (Wildman–Crippen MR) is 103 cm³/mol. The van der Waals surface area contributed by atoms with Gasteiger partial charge in [-0.1, -0.05) is 71.9 Å². The summed E-state index contributed by atoms with van der Waals surface area (Å²) in [5.74, 6) is 1.67. The van der Waals surface area contributed by atoms with E-state index >= 15 is 0 Å². The van der Waals surface area contributed by atoms with Crippen molar-refractivity contribution in [3.63, 3.8) is 0 Å². The zero-order valence-corrected chi connectivity index (χ0v) is 15.3. The van der Waals surface area contributed by atoms with E-state index in [1.807, 2.05) is 54.1 Å². The topological polar surface area (TPSA) is 30.7 Å². The van der Waals surface area contributed by atoms with Gasteiger partial charge in [-0.25, -0.2) is 0 Å². The van der Waals surface area contributed by atoms with Crippen LogP contribution in [0.5, 0.6) is 0 Å². The SMILES string of the molecule is Cn1c(SCc2sc3ccccc3c2Cl)nnc1-c1ccccc1. The number of halogens is 1. The fourth-order valence-electron chi connectivity index (χ4n) is 2.57. The van der Waals surface area contributed by atoms with E-state index in [0.29, 0.717) is 0 Å². The average Bonchev–Trinajstić information content (AvgIpc) is 3.14. The Hall–Kier alpha value is -1.82. The fourth-order valence-corrected chi connectivity index (χ4v) is 5.14. The molecule has 0 radical (unpaired) electrons. The molecule has 0 amide bonds. The largest absolute Gasteiger partial charge is 0.305 e. The second-order valence-electron chi connectivity index (χ2n) is 5.36. The molecule has 0 fully saturated rings. The molecular formula is C18H14ClN3S2. The van der Waals surface area contributed by atoms with E-state index in [1.165, 1.54) is 9.58 Å². The number of hydrogen-bond acceptors (Lipinski definition) is 4. The maximum absolute atomic E-state index is 6.52. The van der Waals surface area contributed by atoms with Crippen LogP contribution in [0.1, 0.15) is 4.88 Å². The Morgan fingerprint density at radius 1 is 1.04 bits per heavy atom. The van der Waals surface area contributed by atoms with Gasteiger partial charge in [-0.05, 0) is 6.07 Å². The Morgan fingerprint density at radius 2 is 1.79 bits per heavy atom. The normalized spacial score (nSPS) is 11.2. The summed E-state index contributed by atoms with van der Waals surface area (Å²) >= 11 is 9.92. The minimum Gasteiger partial charge on any atom is -0.305 e. The van der Waals surface area contributed by atoms with Crippen LogP contribution in [0.2, 0.25) is 5.02 Å². The molecule has 0 N–H and O–H groups in total. The van der Waals surface area contributed by atoms with Gasteiger partial charge in [0, 0.05) is 33.3 Å². The summed E-state index contributed by atoms with van der Waals surface area (Å²) in [5, 5.41) is 11.5. The summed E-state index contributed by atoms with van der Waals surface area (Å²) in [6.07, 6.45) is 0. The molecule has 6 heteroatoms. The van der Waals surface area contributed by atoms with Crippen LogP contribution in [-0.4, -0.2) is 14.8 Å². The van der Waals surface area contributed by atoms with Crippen LogP contribution in [0.15, 0.2) is 59.8 Å². The number of thiophene rings is 1. The Morgan fingerprint density at radius 3 is 2.58 bits per heavy atom. The molecule has 24 heavy (non-hydrogen) atoms. The first kappa shape index (κ1) is 15.7. The van der Waals surface area contributed by atoms with Crippen molar-refractivity contribution in [2.45, 2.75) is 10.9 Å². The molecule has 0 unspecified atom stereocenters. The van der Waals surface area contributed by atoms with Gasteiger partial charge in [0.25, 0.3) is 0 Å². The van der Waals surface area contributed by atoms with E-state index in [0.717, 1.165) is 32.7 Å². The molecule has 0 saturated carbocycles. The molecule has 2 aromatic heterocycles. The molecule has 3 nitrogen and oxygen atoms in total. The highest BCUT2D eigenvalue weighted by Gasteiger charge is 2.14. The van der Waals surface area contributed by atoms with E-state index in [2.05, 4.69) is 22.3 Å². The summed E-state index contributed by atoms with van der Waals surface area (Å²) in [5.41, 5.74) is 1.07. The zero-order chi connectivity index (χ0) is 16.5. The van der Waals surface area contributed by atoms with E-state index in [-0.39, 0.29) is 0 Å². The van der Waals surface area contributed by atoms with Crippen molar-refractivity contribution in [1.29, 1.82) is 0 Å². The van der Waals surface area contributed by atoms with Gasteiger partial charge in [0.05, 0.1) is 5.02 Å². The van der Waals surface area contributed by atoms with Crippen LogP contribution < -0.4 is 0 Å². The highest BCUT2D eigenvalue weighted by molar-refractivity contribution is 7.98. The molecule has 2 aromatic carbocycles. The Kier molecular flexibility index (Phi) is 4.31. The van der Waals surface area contributed by atoms with Gasteiger partial charge in [0.1, 0.15) is 0 Å². The van der Waals surface area contributed by atoms with E-state index < -0.39 is 0 Å². The van der Waals surface area contributed by atoms with Crippen molar-refractivity contribution in [2.24, 2.45) is 7.05 Å². The third-order valence-corrected chi connectivity index (χ3v) is 6.74. The molecule has 4 aromatic rings. The maximum Gasteiger partial charge on any atom is 0.191 e. The van der Waals surface area contributed by atoms with Crippen molar-refractivity contribution in [2.75, 3.05) is 0 Å². The minimum absolute atomic E-state index is 0.791. The highest BCUT2D eigenvalue weighted by Crippen LogP contribution is 2.38. The van der Waals surface area contributed by atoms with Gasteiger partial charge in [-0.2, -0.15) is 0 Å². The first-order chi connectivity index (χ1) is 11.7. The van der Waals surface area contributed by atoms with Crippen LogP contribution in [0.3, 0.4) is 0 Å². The van der Waals surface area contributed by atoms with Crippen LogP contribution in [-0.2, 0) is 12.8 Å². The summed E-state index contributed by atoms with van der Waals surface area (Å²) in [7, 11) is 2.00. The lowest BCUT2D eigenvalue weighted by Crippen LogP contribution is -1.94. The molecule has 0 aliphatic rings. The van der Waals surface area contributed by atoms with Crippen LogP contribution in [0.4, 0.5) is 0 Å².